The van der Waals surface area contributed by atoms with E-state index in [1.807, 2.05) is 6.07 Å². The SMILES string of the molecule is N#Cc1ccc(F)c(CNCCC2CC2)c1. The van der Waals surface area contributed by atoms with Crippen LogP contribution in [0.5, 0.6) is 0 Å². The van der Waals surface area contributed by atoms with Crippen molar-refractivity contribution in [1.82, 2.24) is 5.32 Å². The van der Waals surface area contributed by atoms with Crippen LogP contribution in [0.3, 0.4) is 0 Å². The minimum atomic E-state index is -0.238. The maximum Gasteiger partial charge on any atom is 0.127 e. The summed E-state index contributed by atoms with van der Waals surface area (Å²) in [6.45, 7) is 1.44. The number of hydrogen-bond acceptors (Lipinski definition) is 2. The van der Waals surface area contributed by atoms with Gasteiger partial charge in [-0.05, 0) is 37.1 Å². The lowest BCUT2D eigenvalue weighted by Crippen LogP contribution is -2.16. The molecule has 1 aromatic carbocycles. The van der Waals surface area contributed by atoms with E-state index in [-0.39, 0.29) is 5.82 Å². The zero-order valence-electron chi connectivity index (χ0n) is 9.17. The van der Waals surface area contributed by atoms with Crippen molar-refractivity contribution in [1.29, 1.82) is 5.26 Å². The van der Waals surface area contributed by atoms with Gasteiger partial charge in [-0.15, -0.1) is 0 Å². The Morgan fingerprint density at radius 3 is 2.94 bits per heavy atom. The summed E-state index contributed by atoms with van der Waals surface area (Å²) < 4.78 is 13.4. The van der Waals surface area contributed by atoms with Gasteiger partial charge in [-0.1, -0.05) is 12.8 Å². The van der Waals surface area contributed by atoms with Crippen LogP contribution in [0, 0.1) is 23.1 Å². The summed E-state index contributed by atoms with van der Waals surface area (Å²) in [5, 5.41) is 11.9. The Morgan fingerprint density at radius 1 is 1.44 bits per heavy atom. The van der Waals surface area contributed by atoms with Crippen molar-refractivity contribution in [3.8, 4) is 6.07 Å². The topological polar surface area (TPSA) is 35.8 Å². The van der Waals surface area contributed by atoms with Crippen molar-refractivity contribution >= 4 is 0 Å². The van der Waals surface area contributed by atoms with E-state index in [0.717, 1.165) is 12.5 Å². The Morgan fingerprint density at radius 2 is 2.25 bits per heavy atom. The third-order valence-corrected chi connectivity index (χ3v) is 2.92. The molecular weight excluding hydrogens is 203 g/mol. The molecule has 0 radical (unpaired) electrons. The van der Waals surface area contributed by atoms with Crippen LogP contribution >= 0.6 is 0 Å². The minimum Gasteiger partial charge on any atom is -0.313 e. The Balaban J connectivity index is 1.84. The summed E-state index contributed by atoms with van der Waals surface area (Å²) in [7, 11) is 0. The fraction of sp³-hybridized carbons (Fsp3) is 0.462. The van der Waals surface area contributed by atoms with Gasteiger partial charge in [0.05, 0.1) is 11.6 Å². The van der Waals surface area contributed by atoms with Crippen LogP contribution in [0.15, 0.2) is 18.2 Å². The average Bonchev–Trinajstić information content (AvgIpc) is 3.10. The van der Waals surface area contributed by atoms with Crippen molar-refractivity contribution in [2.75, 3.05) is 6.54 Å². The predicted octanol–water partition coefficient (Wildman–Crippen LogP) is 2.59. The summed E-state index contributed by atoms with van der Waals surface area (Å²) >= 11 is 0. The molecule has 0 aliphatic heterocycles. The van der Waals surface area contributed by atoms with E-state index in [9.17, 15) is 4.39 Å². The Labute approximate surface area is 95.1 Å². The molecule has 2 nitrogen and oxygen atoms in total. The number of benzene rings is 1. The number of rotatable bonds is 5. The largest absolute Gasteiger partial charge is 0.313 e. The third kappa shape index (κ3) is 3.04. The highest BCUT2D eigenvalue weighted by Crippen LogP contribution is 2.31. The molecule has 16 heavy (non-hydrogen) atoms. The van der Waals surface area contributed by atoms with Crippen LogP contribution in [0.4, 0.5) is 4.39 Å². The van der Waals surface area contributed by atoms with Gasteiger partial charge in [-0.25, -0.2) is 4.39 Å². The molecule has 1 fully saturated rings. The van der Waals surface area contributed by atoms with Crippen molar-refractivity contribution in [2.24, 2.45) is 5.92 Å². The van der Waals surface area contributed by atoms with E-state index >= 15 is 0 Å². The van der Waals surface area contributed by atoms with E-state index in [0.29, 0.717) is 17.7 Å². The number of hydrogen-bond donors (Lipinski definition) is 1. The summed E-state index contributed by atoms with van der Waals surface area (Å²) in [4.78, 5) is 0. The molecule has 0 saturated heterocycles. The van der Waals surface area contributed by atoms with Crippen LogP contribution in [0.1, 0.15) is 30.4 Å². The van der Waals surface area contributed by atoms with Crippen LogP contribution in [0.25, 0.3) is 0 Å². The first-order valence-electron chi connectivity index (χ1n) is 5.69. The monoisotopic (exact) mass is 218 g/mol. The maximum absolute atomic E-state index is 13.4. The zero-order valence-corrected chi connectivity index (χ0v) is 9.17. The van der Waals surface area contributed by atoms with Crippen molar-refractivity contribution in [3.63, 3.8) is 0 Å². The molecule has 0 unspecified atom stereocenters. The molecule has 1 aliphatic carbocycles. The predicted molar refractivity (Wildman–Crippen MR) is 60.2 cm³/mol. The van der Waals surface area contributed by atoms with E-state index in [4.69, 9.17) is 5.26 Å². The molecule has 0 spiro atoms. The molecule has 1 N–H and O–H groups in total. The molecule has 1 aliphatic rings. The van der Waals surface area contributed by atoms with Gasteiger partial charge in [0.25, 0.3) is 0 Å². The van der Waals surface area contributed by atoms with Gasteiger partial charge in [0.15, 0.2) is 0 Å². The van der Waals surface area contributed by atoms with Crippen LogP contribution in [-0.2, 0) is 6.54 Å². The normalized spacial score (nSPS) is 14.8. The highest BCUT2D eigenvalue weighted by molar-refractivity contribution is 5.33. The molecule has 0 bridgehead atoms. The lowest BCUT2D eigenvalue weighted by molar-refractivity contribution is 0.571. The molecule has 2 rings (SSSR count). The minimum absolute atomic E-state index is 0.238. The number of nitriles is 1. The molecule has 0 amide bonds. The standard InChI is InChI=1S/C13H15FN2/c14-13-4-3-11(8-15)7-12(13)9-16-6-5-10-1-2-10/h3-4,7,10,16H,1-2,5-6,9H2. The second kappa shape index (κ2) is 5.09. The molecule has 3 heteroatoms. The van der Waals surface area contributed by atoms with Gasteiger partial charge < -0.3 is 5.32 Å². The lowest BCUT2D eigenvalue weighted by atomic mass is 10.1. The second-order valence-corrected chi connectivity index (χ2v) is 4.33. The number of halogens is 1. The Bertz CT molecular complexity index is 405. The molecule has 1 aromatic rings. The van der Waals surface area contributed by atoms with E-state index in [2.05, 4.69) is 5.32 Å². The van der Waals surface area contributed by atoms with E-state index in [1.165, 1.54) is 31.4 Å². The van der Waals surface area contributed by atoms with Crippen LogP contribution in [-0.4, -0.2) is 6.54 Å². The lowest BCUT2D eigenvalue weighted by Gasteiger charge is -2.05. The molecule has 84 valence electrons. The Hall–Kier alpha value is -1.40. The van der Waals surface area contributed by atoms with Crippen LogP contribution in [0.2, 0.25) is 0 Å². The highest BCUT2D eigenvalue weighted by atomic mass is 19.1. The summed E-state index contributed by atoms with van der Waals surface area (Å²) in [5.41, 5.74) is 1.09. The molecular formula is C13H15FN2. The summed E-state index contributed by atoms with van der Waals surface area (Å²) in [6.07, 6.45) is 3.87. The molecule has 1 saturated carbocycles. The van der Waals surface area contributed by atoms with Gasteiger partial charge in [-0.3, -0.25) is 0 Å². The van der Waals surface area contributed by atoms with Gasteiger partial charge in [0.1, 0.15) is 5.82 Å². The summed E-state index contributed by atoms with van der Waals surface area (Å²) in [6, 6.07) is 6.49. The van der Waals surface area contributed by atoms with Gasteiger partial charge in [0.2, 0.25) is 0 Å². The van der Waals surface area contributed by atoms with Gasteiger partial charge in [0, 0.05) is 12.1 Å². The van der Waals surface area contributed by atoms with Gasteiger partial charge in [-0.2, -0.15) is 5.26 Å². The first kappa shape index (κ1) is 11.1. The second-order valence-electron chi connectivity index (χ2n) is 4.33. The molecule has 0 heterocycles. The molecule has 0 atom stereocenters. The van der Waals surface area contributed by atoms with Crippen LogP contribution < -0.4 is 5.32 Å². The quantitative estimate of drug-likeness (QED) is 0.771. The fourth-order valence-corrected chi connectivity index (χ4v) is 1.72. The summed E-state index contributed by atoms with van der Waals surface area (Å²) in [5.74, 6) is 0.653. The van der Waals surface area contributed by atoms with Gasteiger partial charge >= 0.3 is 0 Å². The van der Waals surface area contributed by atoms with Crippen molar-refractivity contribution in [2.45, 2.75) is 25.8 Å². The first-order valence-corrected chi connectivity index (χ1v) is 5.69. The Kier molecular flexibility index (Phi) is 3.53. The van der Waals surface area contributed by atoms with E-state index < -0.39 is 0 Å². The van der Waals surface area contributed by atoms with E-state index in [1.54, 1.807) is 6.07 Å². The highest BCUT2D eigenvalue weighted by Gasteiger charge is 2.19. The van der Waals surface area contributed by atoms with Crippen molar-refractivity contribution in [3.05, 3.63) is 35.1 Å². The number of nitrogens with one attached hydrogen (secondary N) is 1. The zero-order chi connectivity index (χ0) is 11.4. The fourth-order valence-electron chi connectivity index (χ4n) is 1.72. The number of nitrogens with zero attached hydrogens (tertiary/aromatic N) is 1. The average molecular weight is 218 g/mol. The first-order chi connectivity index (χ1) is 7.79. The maximum atomic E-state index is 13.4. The van der Waals surface area contributed by atoms with Crippen molar-refractivity contribution < 1.29 is 4.39 Å². The third-order valence-electron chi connectivity index (χ3n) is 2.92. The molecule has 0 aromatic heterocycles. The smallest absolute Gasteiger partial charge is 0.127 e.